The van der Waals surface area contributed by atoms with Gasteiger partial charge in [0.05, 0.1) is 12.2 Å². The van der Waals surface area contributed by atoms with Crippen molar-refractivity contribution in [3.05, 3.63) is 35.9 Å². The van der Waals surface area contributed by atoms with Crippen molar-refractivity contribution in [2.24, 2.45) is 17.8 Å². The number of rotatable bonds is 10. The SMILES string of the molecule is CCCCCCOc1ccc(C(=O)OO[C]2CC(C)CCC2C(C)C)cc1. The topological polar surface area (TPSA) is 44.8 Å². The minimum Gasteiger partial charge on any atom is -0.494 e. The van der Waals surface area contributed by atoms with Crippen molar-refractivity contribution in [1.82, 2.24) is 0 Å². The van der Waals surface area contributed by atoms with Gasteiger partial charge < -0.3 is 4.74 Å². The summed E-state index contributed by atoms with van der Waals surface area (Å²) in [6.45, 7) is 9.49. The van der Waals surface area contributed by atoms with E-state index in [-0.39, 0.29) is 0 Å². The first-order valence-electron chi connectivity index (χ1n) is 10.5. The number of hydrogen-bond acceptors (Lipinski definition) is 4. The largest absolute Gasteiger partial charge is 0.494 e. The van der Waals surface area contributed by atoms with E-state index < -0.39 is 5.97 Å². The second-order valence-electron chi connectivity index (χ2n) is 8.09. The van der Waals surface area contributed by atoms with Gasteiger partial charge in [-0.2, -0.15) is 4.89 Å². The second-order valence-corrected chi connectivity index (χ2v) is 8.09. The highest BCUT2D eigenvalue weighted by Crippen LogP contribution is 2.40. The molecule has 2 unspecified atom stereocenters. The van der Waals surface area contributed by atoms with Crippen LogP contribution in [0.3, 0.4) is 0 Å². The van der Waals surface area contributed by atoms with E-state index in [1.54, 1.807) is 12.1 Å². The quantitative estimate of drug-likeness (QED) is 0.271. The van der Waals surface area contributed by atoms with Crippen LogP contribution in [0.2, 0.25) is 0 Å². The highest BCUT2D eigenvalue weighted by Gasteiger charge is 2.34. The Bertz CT molecular complexity index is 552. The number of benzene rings is 1. The van der Waals surface area contributed by atoms with E-state index in [1.165, 1.54) is 25.7 Å². The Hall–Kier alpha value is -1.55. The van der Waals surface area contributed by atoms with Crippen LogP contribution in [-0.4, -0.2) is 12.6 Å². The molecule has 4 nitrogen and oxygen atoms in total. The number of carbonyl (C=O) groups is 1. The fourth-order valence-corrected chi connectivity index (χ4v) is 3.57. The Balaban J connectivity index is 1.79. The van der Waals surface area contributed by atoms with E-state index in [0.29, 0.717) is 29.9 Å². The summed E-state index contributed by atoms with van der Waals surface area (Å²) in [5.41, 5.74) is 0.471. The predicted molar refractivity (Wildman–Crippen MR) is 107 cm³/mol. The molecule has 0 bridgehead atoms. The fraction of sp³-hybridized carbons (Fsp3) is 0.652. The van der Waals surface area contributed by atoms with Crippen LogP contribution in [0.25, 0.3) is 0 Å². The van der Waals surface area contributed by atoms with E-state index in [9.17, 15) is 4.79 Å². The summed E-state index contributed by atoms with van der Waals surface area (Å²) < 4.78 is 5.71. The predicted octanol–water partition coefficient (Wildman–Crippen LogP) is 6.36. The van der Waals surface area contributed by atoms with Crippen LogP contribution in [-0.2, 0) is 9.78 Å². The Morgan fingerprint density at radius 1 is 1.11 bits per heavy atom. The summed E-state index contributed by atoms with van der Waals surface area (Å²) in [6, 6.07) is 7.06. The second kappa shape index (κ2) is 11.3. The van der Waals surface area contributed by atoms with Crippen molar-refractivity contribution in [3.8, 4) is 5.75 Å². The monoisotopic (exact) mass is 375 g/mol. The van der Waals surface area contributed by atoms with Gasteiger partial charge in [0.2, 0.25) is 0 Å². The van der Waals surface area contributed by atoms with Gasteiger partial charge in [-0.05, 0) is 61.3 Å². The average Bonchev–Trinajstić information content (AvgIpc) is 2.66. The normalized spacial score (nSPS) is 20.6. The van der Waals surface area contributed by atoms with Crippen LogP contribution in [0, 0.1) is 23.9 Å². The van der Waals surface area contributed by atoms with Crippen molar-refractivity contribution in [3.63, 3.8) is 0 Å². The lowest BCUT2D eigenvalue weighted by Gasteiger charge is -2.34. The van der Waals surface area contributed by atoms with E-state index in [1.807, 2.05) is 12.1 Å². The molecule has 0 aliphatic heterocycles. The molecule has 0 amide bonds. The first-order valence-corrected chi connectivity index (χ1v) is 10.5. The molecule has 1 radical (unpaired) electrons. The third kappa shape index (κ3) is 7.17. The summed E-state index contributed by atoms with van der Waals surface area (Å²) in [6.07, 6.45) is 8.76. The highest BCUT2D eigenvalue weighted by molar-refractivity contribution is 5.89. The van der Waals surface area contributed by atoms with Gasteiger partial charge in [0.1, 0.15) is 5.75 Å². The molecule has 4 heteroatoms. The van der Waals surface area contributed by atoms with Crippen molar-refractivity contribution >= 4 is 5.97 Å². The Morgan fingerprint density at radius 3 is 2.52 bits per heavy atom. The molecule has 27 heavy (non-hydrogen) atoms. The van der Waals surface area contributed by atoms with Crippen molar-refractivity contribution in [1.29, 1.82) is 0 Å². The number of ether oxygens (including phenoxy) is 1. The maximum atomic E-state index is 12.3. The summed E-state index contributed by atoms with van der Waals surface area (Å²) in [7, 11) is 0. The van der Waals surface area contributed by atoms with Gasteiger partial charge in [0.25, 0.3) is 0 Å². The molecule has 1 aliphatic rings. The molecule has 0 spiro atoms. The van der Waals surface area contributed by atoms with Crippen molar-refractivity contribution < 1.29 is 19.3 Å². The molecular formula is C23H35O4. The van der Waals surface area contributed by atoms with Gasteiger partial charge in [-0.1, -0.05) is 53.4 Å². The molecule has 1 saturated carbocycles. The minimum absolute atomic E-state index is 0.359. The Kier molecular flexibility index (Phi) is 9.12. The first-order chi connectivity index (χ1) is 13.0. The summed E-state index contributed by atoms with van der Waals surface area (Å²) in [5, 5.41) is 0. The van der Waals surface area contributed by atoms with Gasteiger partial charge in [-0.25, -0.2) is 4.79 Å². The molecule has 0 saturated heterocycles. The molecule has 1 aromatic rings. The van der Waals surface area contributed by atoms with Crippen LogP contribution in [0.1, 0.15) is 83.0 Å². The average molecular weight is 376 g/mol. The van der Waals surface area contributed by atoms with E-state index >= 15 is 0 Å². The zero-order chi connectivity index (χ0) is 19.6. The van der Waals surface area contributed by atoms with Crippen LogP contribution in [0.15, 0.2) is 24.3 Å². The molecule has 1 aliphatic carbocycles. The lowest BCUT2D eigenvalue weighted by molar-refractivity contribution is -0.251. The Labute approximate surface area is 164 Å². The maximum absolute atomic E-state index is 12.3. The van der Waals surface area contributed by atoms with Gasteiger partial charge >= 0.3 is 5.97 Å². The highest BCUT2D eigenvalue weighted by atomic mass is 17.2. The van der Waals surface area contributed by atoms with Gasteiger partial charge in [-0.3, -0.25) is 4.89 Å². The molecule has 2 rings (SSSR count). The zero-order valence-corrected chi connectivity index (χ0v) is 17.3. The first kappa shape index (κ1) is 21.7. The maximum Gasteiger partial charge on any atom is 0.373 e. The van der Waals surface area contributed by atoms with Gasteiger partial charge in [0.15, 0.2) is 6.10 Å². The van der Waals surface area contributed by atoms with E-state index in [2.05, 4.69) is 27.7 Å². The van der Waals surface area contributed by atoms with Crippen LogP contribution in [0.4, 0.5) is 0 Å². The molecule has 0 N–H and O–H groups in total. The van der Waals surface area contributed by atoms with E-state index in [0.717, 1.165) is 31.1 Å². The number of unbranched alkanes of at least 4 members (excludes halogenated alkanes) is 3. The third-order valence-electron chi connectivity index (χ3n) is 5.32. The smallest absolute Gasteiger partial charge is 0.373 e. The Morgan fingerprint density at radius 2 is 1.85 bits per heavy atom. The standard InChI is InChI=1S/C23H35O4/c1-5-6-7-8-15-25-20-12-10-19(11-13-20)23(24)27-26-22-16-18(4)9-14-21(22)17(2)3/h10-13,17-18,21H,5-9,14-16H2,1-4H3. The van der Waals surface area contributed by atoms with Gasteiger partial charge in [-0.15, -0.1) is 0 Å². The lowest BCUT2D eigenvalue weighted by Crippen LogP contribution is -2.28. The third-order valence-corrected chi connectivity index (χ3v) is 5.32. The molecule has 1 fully saturated rings. The van der Waals surface area contributed by atoms with Crippen molar-refractivity contribution in [2.75, 3.05) is 6.61 Å². The van der Waals surface area contributed by atoms with Crippen LogP contribution >= 0.6 is 0 Å². The minimum atomic E-state index is -0.460. The van der Waals surface area contributed by atoms with Crippen LogP contribution in [0.5, 0.6) is 5.75 Å². The summed E-state index contributed by atoms with van der Waals surface area (Å²) >= 11 is 0. The molecule has 1 aromatic carbocycles. The number of hydrogen-bond donors (Lipinski definition) is 0. The lowest BCUT2D eigenvalue weighted by atomic mass is 9.75. The summed E-state index contributed by atoms with van der Waals surface area (Å²) in [4.78, 5) is 22.9. The zero-order valence-electron chi connectivity index (χ0n) is 17.3. The summed E-state index contributed by atoms with van der Waals surface area (Å²) in [5.74, 6) is 1.73. The number of carbonyl (C=O) groups excluding carboxylic acids is 1. The van der Waals surface area contributed by atoms with E-state index in [4.69, 9.17) is 14.5 Å². The molecule has 2 atom stereocenters. The molecule has 0 heterocycles. The van der Waals surface area contributed by atoms with Crippen LogP contribution < -0.4 is 4.74 Å². The molecule has 151 valence electrons. The fourth-order valence-electron chi connectivity index (χ4n) is 3.57. The molecule has 0 aromatic heterocycles. The van der Waals surface area contributed by atoms with Gasteiger partial charge in [0, 0.05) is 0 Å². The van der Waals surface area contributed by atoms with Crippen molar-refractivity contribution in [2.45, 2.75) is 72.6 Å². The molecular weight excluding hydrogens is 340 g/mol.